The third kappa shape index (κ3) is 1.78. The summed E-state index contributed by atoms with van der Waals surface area (Å²) in [6.07, 6.45) is -0.0868. The van der Waals surface area contributed by atoms with E-state index >= 15 is 0 Å². The van der Waals surface area contributed by atoms with E-state index in [4.69, 9.17) is 4.74 Å². The van der Waals surface area contributed by atoms with Crippen LogP contribution in [0.4, 0.5) is 8.78 Å². The van der Waals surface area contributed by atoms with Crippen LogP contribution in [0.15, 0.2) is 18.2 Å². The van der Waals surface area contributed by atoms with Crippen molar-refractivity contribution in [3.8, 4) is 5.75 Å². The number of hydrogen-bond acceptors (Lipinski definition) is 1. The molecule has 0 bridgehead atoms. The maximum Gasteiger partial charge on any atom is 0.165 e. The smallest absolute Gasteiger partial charge is 0.165 e. The lowest BCUT2D eigenvalue weighted by Crippen LogP contribution is -2.45. The third-order valence-electron chi connectivity index (χ3n) is 1.85. The molecule has 1 heterocycles. The van der Waals surface area contributed by atoms with E-state index in [9.17, 15) is 8.78 Å². The van der Waals surface area contributed by atoms with Crippen LogP contribution in [0, 0.1) is 11.6 Å². The van der Waals surface area contributed by atoms with Crippen LogP contribution in [0.3, 0.4) is 0 Å². The van der Waals surface area contributed by atoms with Crippen LogP contribution in [-0.4, -0.2) is 19.2 Å². The summed E-state index contributed by atoms with van der Waals surface area (Å²) in [6, 6.07) is 3.17. The van der Waals surface area contributed by atoms with Crippen LogP contribution in [0.25, 0.3) is 0 Å². The minimum Gasteiger partial charge on any atom is -0.484 e. The zero-order valence-corrected chi connectivity index (χ0v) is 6.84. The van der Waals surface area contributed by atoms with Crippen LogP contribution in [0.1, 0.15) is 0 Å². The van der Waals surface area contributed by atoms with Gasteiger partial charge in [-0.2, -0.15) is 0 Å². The Hall–Kier alpha value is -1.16. The van der Waals surface area contributed by atoms with Crippen molar-refractivity contribution < 1.29 is 13.5 Å². The molecule has 2 rings (SSSR count). The second-order valence-corrected chi connectivity index (χ2v) is 2.90. The Kier molecular flexibility index (Phi) is 2.14. The molecule has 0 amide bonds. The molecule has 0 N–H and O–H groups in total. The summed E-state index contributed by atoms with van der Waals surface area (Å²) in [7, 11) is 0. The van der Waals surface area contributed by atoms with Crippen LogP contribution in [0.2, 0.25) is 0 Å². The lowest BCUT2D eigenvalue weighted by atomic mass is 10.2. The number of rotatable bonds is 2. The maximum atomic E-state index is 13.0. The van der Waals surface area contributed by atoms with Gasteiger partial charge in [0.15, 0.2) is 11.6 Å². The average molecular weight is 184 g/mol. The van der Waals surface area contributed by atoms with Gasteiger partial charge in [0, 0.05) is 6.07 Å². The average Bonchev–Trinajstić information content (AvgIpc) is 2.03. The topological polar surface area (TPSA) is 23.3 Å². The van der Waals surface area contributed by atoms with E-state index in [0.29, 0.717) is 13.1 Å². The van der Waals surface area contributed by atoms with E-state index in [1.807, 2.05) is 0 Å². The lowest BCUT2D eigenvalue weighted by molar-refractivity contribution is 0.132. The largest absolute Gasteiger partial charge is 0.484 e. The summed E-state index contributed by atoms with van der Waals surface area (Å²) in [5.74, 6) is -1.05. The minimum absolute atomic E-state index is 0.0279. The summed E-state index contributed by atoms with van der Waals surface area (Å²) < 4.78 is 30.8. The van der Waals surface area contributed by atoms with E-state index in [1.165, 1.54) is 0 Å². The Labute approximate surface area is 74.5 Å². The van der Waals surface area contributed by atoms with E-state index in [2.05, 4.69) is 5.32 Å². The molecule has 0 aromatic heterocycles. The van der Waals surface area contributed by atoms with Gasteiger partial charge in [-0.3, -0.25) is 0 Å². The normalized spacial score (nSPS) is 16.8. The van der Waals surface area contributed by atoms with Gasteiger partial charge in [0.05, 0.1) is 13.1 Å². The van der Waals surface area contributed by atoms with Crippen molar-refractivity contribution >= 4 is 0 Å². The van der Waals surface area contributed by atoms with E-state index in [-0.39, 0.29) is 11.9 Å². The molecular formula is C9H8F2NO. The zero-order chi connectivity index (χ0) is 9.26. The molecular weight excluding hydrogens is 176 g/mol. The number of halogens is 2. The third-order valence-corrected chi connectivity index (χ3v) is 1.85. The van der Waals surface area contributed by atoms with E-state index in [1.54, 1.807) is 0 Å². The fourth-order valence-electron chi connectivity index (χ4n) is 1.06. The van der Waals surface area contributed by atoms with Crippen molar-refractivity contribution in [3.05, 3.63) is 29.8 Å². The fourth-order valence-corrected chi connectivity index (χ4v) is 1.06. The summed E-state index contributed by atoms with van der Waals surface area (Å²) >= 11 is 0. The molecule has 1 fully saturated rings. The highest BCUT2D eigenvalue weighted by atomic mass is 19.1. The highest BCUT2D eigenvalue weighted by Gasteiger charge is 2.21. The first-order valence-corrected chi connectivity index (χ1v) is 4.00. The van der Waals surface area contributed by atoms with Gasteiger partial charge in [-0.05, 0) is 12.1 Å². The van der Waals surface area contributed by atoms with Gasteiger partial charge in [-0.25, -0.2) is 14.1 Å². The summed E-state index contributed by atoms with van der Waals surface area (Å²) in [6.45, 7) is 1.13. The van der Waals surface area contributed by atoms with Crippen molar-refractivity contribution in [3.63, 3.8) is 0 Å². The summed E-state index contributed by atoms with van der Waals surface area (Å²) in [4.78, 5) is 0. The predicted octanol–water partition coefficient (Wildman–Crippen LogP) is 1.33. The van der Waals surface area contributed by atoms with Crippen molar-refractivity contribution in [1.82, 2.24) is 5.32 Å². The number of nitrogens with zero attached hydrogens (tertiary/aromatic N) is 1. The molecule has 0 saturated carbocycles. The molecule has 1 aromatic rings. The Balaban J connectivity index is 2.13. The molecule has 1 radical (unpaired) electrons. The van der Waals surface area contributed by atoms with Gasteiger partial charge in [0.25, 0.3) is 0 Å². The predicted molar refractivity (Wildman–Crippen MR) is 42.6 cm³/mol. The van der Waals surface area contributed by atoms with Crippen LogP contribution >= 0.6 is 0 Å². The molecule has 1 aliphatic rings. The van der Waals surface area contributed by atoms with Crippen molar-refractivity contribution in [1.29, 1.82) is 0 Å². The highest BCUT2D eigenvalue weighted by Crippen LogP contribution is 2.20. The molecule has 69 valence electrons. The number of hydrogen-bond donors (Lipinski definition) is 0. The molecule has 0 aliphatic carbocycles. The van der Waals surface area contributed by atoms with E-state index in [0.717, 1.165) is 18.2 Å². The van der Waals surface area contributed by atoms with Crippen molar-refractivity contribution in [2.24, 2.45) is 0 Å². The zero-order valence-electron chi connectivity index (χ0n) is 6.84. The number of ether oxygens (including phenoxy) is 1. The van der Waals surface area contributed by atoms with Crippen molar-refractivity contribution in [2.75, 3.05) is 13.1 Å². The van der Waals surface area contributed by atoms with Gasteiger partial charge < -0.3 is 4.74 Å². The molecule has 0 unspecified atom stereocenters. The molecule has 4 heteroatoms. The van der Waals surface area contributed by atoms with Gasteiger partial charge >= 0.3 is 0 Å². The van der Waals surface area contributed by atoms with E-state index < -0.39 is 11.6 Å². The Morgan fingerprint density at radius 1 is 1.31 bits per heavy atom. The molecule has 1 aliphatic heterocycles. The summed E-state index contributed by atoms with van der Waals surface area (Å²) in [5, 5.41) is 3.91. The van der Waals surface area contributed by atoms with Crippen molar-refractivity contribution in [2.45, 2.75) is 6.10 Å². The number of benzene rings is 1. The van der Waals surface area contributed by atoms with Gasteiger partial charge in [0.2, 0.25) is 0 Å². The maximum absolute atomic E-state index is 13.0. The first-order valence-electron chi connectivity index (χ1n) is 4.00. The van der Waals surface area contributed by atoms with Crippen LogP contribution in [0.5, 0.6) is 5.75 Å². The summed E-state index contributed by atoms with van der Waals surface area (Å²) in [5.41, 5.74) is 0. The molecule has 1 aromatic carbocycles. The highest BCUT2D eigenvalue weighted by molar-refractivity contribution is 5.25. The Bertz CT molecular complexity index is 312. The first kappa shape index (κ1) is 8.44. The van der Waals surface area contributed by atoms with Gasteiger partial charge in [-0.1, -0.05) is 0 Å². The minimum atomic E-state index is -0.534. The van der Waals surface area contributed by atoms with Crippen LogP contribution in [-0.2, 0) is 0 Å². The standard InChI is InChI=1S/C9H8F2NO/c10-6-1-2-8(11)9(3-6)13-7-4-12-5-7/h1-3,7H,4-5H2. The second-order valence-electron chi connectivity index (χ2n) is 2.90. The fraction of sp³-hybridized carbons (Fsp3) is 0.333. The quantitative estimate of drug-likeness (QED) is 0.680. The molecule has 0 atom stereocenters. The molecule has 2 nitrogen and oxygen atoms in total. The van der Waals surface area contributed by atoms with Gasteiger partial charge in [0.1, 0.15) is 11.9 Å². The molecule has 1 saturated heterocycles. The SMILES string of the molecule is Fc1ccc(F)c(OC2C[N]C2)c1. The first-order chi connectivity index (χ1) is 6.25. The Morgan fingerprint density at radius 2 is 2.08 bits per heavy atom. The lowest BCUT2D eigenvalue weighted by Gasteiger charge is -2.26. The monoisotopic (exact) mass is 184 g/mol. The van der Waals surface area contributed by atoms with Crippen LogP contribution < -0.4 is 10.1 Å². The second kappa shape index (κ2) is 3.30. The molecule has 13 heavy (non-hydrogen) atoms. The Morgan fingerprint density at radius 3 is 2.69 bits per heavy atom. The van der Waals surface area contributed by atoms with Gasteiger partial charge in [-0.15, -0.1) is 0 Å². The molecule has 0 spiro atoms.